The van der Waals surface area contributed by atoms with Crippen molar-refractivity contribution in [3.8, 4) is 6.07 Å². The zero-order valence-electron chi connectivity index (χ0n) is 22.1. The van der Waals surface area contributed by atoms with Crippen molar-refractivity contribution >= 4 is 28.4 Å². The molecule has 194 valence electrons. The first-order chi connectivity index (χ1) is 17.3. The first kappa shape index (κ1) is 27.7. The Labute approximate surface area is 215 Å². The number of nitrogens with zero attached hydrogens (tertiary/aromatic N) is 2. The highest BCUT2D eigenvalue weighted by Gasteiger charge is 2.16. The smallest absolute Gasteiger partial charge is 0.261 e. The number of amides is 1. The minimum absolute atomic E-state index is 0.0994. The third kappa shape index (κ3) is 8.94. The predicted molar refractivity (Wildman–Crippen MR) is 146 cm³/mol. The maximum absolute atomic E-state index is 12.7. The molecule has 1 amide bonds. The lowest BCUT2D eigenvalue weighted by atomic mass is 10.0. The van der Waals surface area contributed by atoms with Gasteiger partial charge in [-0.3, -0.25) is 9.69 Å². The predicted octanol–water partition coefficient (Wildman–Crippen LogP) is 4.45. The van der Waals surface area contributed by atoms with E-state index >= 15 is 0 Å². The first-order valence-electron chi connectivity index (χ1n) is 12.9. The second-order valence-electron chi connectivity index (χ2n) is 10.3. The topological polar surface area (TPSA) is 86.6 Å². The van der Waals surface area contributed by atoms with Gasteiger partial charge in [0, 0.05) is 38.4 Å². The van der Waals surface area contributed by atoms with E-state index in [4.69, 9.17) is 9.47 Å². The van der Waals surface area contributed by atoms with Gasteiger partial charge in [0.2, 0.25) is 0 Å². The fraction of sp³-hybridized carbons (Fsp3) is 0.517. The Morgan fingerprint density at radius 2 is 1.92 bits per heavy atom. The largest absolute Gasteiger partial charge is 0.384 e. The molecule has 7 nitrogen and oxygen atoms in total. The van der Waals surface area contributed by atoms with E-state index in [9.17, 15) is 10.1 Å². The van der Waals surface area contributed by atoms with Gasteiger partial charge in [-0.15, -0.1) is 0 Å². The maximum Gasteiger partial charge on any atom is 0.261 e. The maximum atomic E-state index is 12.7. The Kier molecular flexibility index (Phi) is 10.3. The minimum Gasteiger partial charge on any atom is -0.384 e. The van der Waals surface area contributed by atoms with Crippen LogP contribution in [0.3, 0.4) is 0 Å². The number of rotatable bonds is 11. The number of ether oxygens (including phenoxy) is 2. The van der Waals surface area contributed by atoms with Gasteiger partial charge in [0.25, 0.3) is 5.91 Å². The minimum atomic E-state index is -0.355. The molecule has 2 aromatic rings. The first-order valence-corrected chi connectivity index (χ1v) is 12.9. The van der Waals surface area contributed by atoms with Crippen molar-refractivity contribution in [2.24, 2.45) is 5.92 Å². The lowest BCUT2D eigenvalue weighted by Gasteiger charge is -2.26. The zero-order chi connectivity index (χ0) is 26.0. The van der Waals surface area contributed by atoms with Crippen molar-refractivity contribution in [1.82, 2.24) is 10.2 Å². The fourth-order valence-corrected chi connectivity index (χ4v) is 3.98. The van der Waals surface area contributed by atoms with E-state index in [0.29, 0.717) is 13.2 Å². The molecule has 36 heavy (non-hydrogen) atoms. The summed E-state index contributed by atoms with van der Waals surface area (Å²) in [6, 6.07) is 14.3. The fourth-order valence-electron chi connectivity index (χ4n) is 3.98. The molecule has 0 spiro atoms. The van der Waals surface area contributed by atoms with E-state index in [1.165, 1.54) is 0 Å². The number of hydrogen-bond acceptors (Lipinski definition) is 6. The van der Waals surface area contributed by atoms with Crippen LogP contribution >= 0.6 is 0 Å². The standard InChI is InChI=1S/C29H40N4O3/c1-5-22(21-36-29(2,3)4)20-32-28(34)26(19-30)17-23-6-7-25-18-27(9-8-24(25)16-23)31-10-11-33-12-14-35-15-13-33/h6-9,16-18,22,31H,5,10-15,20-21H2,1-4H3,(H,32,34)/b26-17+. The molecular formula is C29H40N4O3. The Balaban J connectivity index is 1.57. The summed E-state index contributed by atoms with van der Waals surface area (Å²) in [5.41, 5.74) is 1.79. The second kappa shape index (κ2) is 13.4. The molecule has 1 aliphatic heterocycles. The number of carbonyl (C=O) groups excluding carboxylic acids is 1. The Bertz CT molecular complexity index is 1080. The van der Waals surface area contributed by atoms with Gasteiger partial charge < -0.3 is 20.1 Å². The molecule has 0 radical (unpaired) electrons. The molecule has 0 aliphatic carbocycles. The van der Waals surface area contributed by atoms with Crippen LogP contribution in [0, 0.1) is 17.2 Å². The van der Waals surface area contributed by atoms with Gasteiger partial charge in [0.05, 0.1) is 25.4 Å². The Morgan fingerprint density at radius 1 is 1.19 bits per heavy atom. The van der Waals surface area contributed by atoms with E-state index in [0.717, 1.165) is 67.8 Å². The summed E-state index contributed by atoms with van der Waals surface area (Å²) in [5.74, 6) is -0.155. The number of hydrogen-bond donors (Lipinski definition) is 2. The molecule has 1 saturated heterocycles. The lowest BCUT2D eigenvalue weighted by Crippen LogP contribution is -2.38. The van der Waals surface area contributed by atoms with Crippen molar-refractivity contribution in [3.63, 3.8) is 0 Å². The van der Waals surface area contributed by atoms with Gasteiger partial charge >= 0.3 is 0 Å². The number of fused-ring (bicyclic) bond motifs is 1. The molecule has 1 atom stereocenters. The van der Waals surface area contributed by atoms with E-state index in [1.807, 2.05) is 39.0 Å². The van der Waals surface area contributed by atoms with Crippen LogP contribution < -0.4 is 10.6 Å². The lowest BCUT2D eigenvalue weighted by molar-refractivity contribution is -0.117. The molecule has 1 heterocycles. The number of nitriles is 1. The highest BCUT2D eigenvalue weighted by Crippen LogP contribution is 2.22. The molecule has 1 fully saturated rings. The number of anilines is 1. The van der Waals surface area contributed by atoms with Crippen LogP contribution in [-0.4, -0.2) is 69.0 Å². The van der Waals surface area contributed by atoms with Crippen LogP contribution in [0.4, 0.5) is 5.69 Å². The molecular weight excluding hydrogens is 452 g/mol. The SMILES string of the molecule is CCC(CNC(=O)/C(C#N)=C/c1ccc2cc(NCCN3CCOCC3)ccc2c1)COC(C)(C)C. The van der Waals surface area contributed by atoms with E-state index < -0.39 is 0 Å². The number of nitrogens with one attached hydrogen (secondary N) is 2. The van der Waals surface area contributed by atoms with Gasteiger partial charge in [-0.05, 0) is 73.7 Å². The Hall–Kier alpha value is -2.92. The Morgan fingerprint density at radius 3 is 2.61 bits per heavy atom. The quantitative estimate of drug-likeness (QED) is 0.356. The third-order valence-corrected chi connectivity index (χ3v) is 6.28. The normalized spacial score (nSPS) is 15.9. The van der Waals surface area contributed by atoms with Crippen LogP contribution in [0.15, 0.2) is 42.0 Å². The second-order valence-corrected chi connectivity index (χ2v) is 10.3. The van der Waals surface area contributed by atoms with Crippen molar-refractivity contribution in [2.45, 2.75) is 39.7 Å². The summed E-state index contributed by atoms with van der Waals surface area (Å²) in [7, 11) is 0. The average molecular weight is 493 g/mol. The van der Waals surface area contributed by atoms with E-state index in [2.05, 4.69) is 46.7 Å². The van der Waals surface area contributed by atoms with E-state index in [1.54, 1.807) is 6.08 Å². The number of benzene rings is 2. The van der Waals surface area contributed by atoms with Gasteiger partial charge in [0.15, 0.2) is 0 Å². The summed E-state index contributed by atoms with van der Waals surface area (Å²) >= 11 is 0. The van der Waals surface area contributed by atoms with Gasteiger partial charge in [0.1, 0.15) is 11.6 Å². The van der Waals surface area contributed by atoms with Crippen molar-refractivity contribution in [2.75, 3.05) is 57.9 Å². The average Bonchev–Trinajstić information content (AvgIpc) is 2.87. The highest BCUT2D eigenvalue weighted by molar-refractivity contribution is 6.02. The van der Waals surface area contributed by atoms with Crippen molar-refractivity contribution in [3.05, 3.63) is 47.5 Å². The van der Waals surface area contributed by atoms with Crippen molar-refractivity contribution < 1.29 is 14.3 Å². The monoisotopic (exact) mass is 492 g/mol. The zero-order valence-corrected chi connectivity index (χ0v) is 22.1. The van der Waals surface area contributed by atoms with Gasteiger partial charge in [-0.25, -0.2) is 0 Å². The molecule has 7 heteroatoms. The van der Waals surface area contributed by atoms with Crippen LogP contribution in [0.5, 0.6) is 0 Å². The number of morpholine rings is 1. The molecule has 2 N–H and O–H groups in total. The van der Waals surface area contributed by atoms with Crippen molar-refractivity contribution in [1.29, 1.82) is 5.26 Å². The molecule has 0 aromatic heterocycles. The summed E-state index contributed by atoms with van der Waals surface area (Å²) in [6.45, 7) is 14.6. The molecule has 3 rings (SSSR count). The van der Waals surface area contributed by atoms with Crippen LogP contribution in [0.1, 0.15) is 39.7 Å². The molecule has 1 unspecified atom stereocenters. The molecule has 0 saturated carbocycles. The van der Waals surface area contributed by atoms with E-state index in [-0.39, 0.29) is 23.0 Å². The summed E-state index contributed by atoms with van der Waals surface area (Å²) < 4.78 is 11.3. The number of carbonyl (C=O) groups is 1. The van der Waals surface area contributed by atoms with Crippen LogP contribution in [0.25, 0.3) is 16.8 Å². The molecule has 1 aliphatic rings. The van der Waals surface area contributed by atoms with Gasteiger partial charge in [-0.1, -0.05) is 25.1 Å². The summed E-state index contributed by atoms with van der Waals surface area (Å²) in [4.78, 5) is 15.1. The third-order valence-electron chi connectivity index (χ3n) is 6.28. The summed E-state index contributed by atoms with van der Waals surface area (Å²) in [5, 5.41) is 18.2. The molecule has 2 aromatic carbocycles. The summed E-state index contributed by atoms with van der Waals surface area (Å²) in [6.07, 6.45) is 2.53. The van der Waals surface area contributed by atoms with Gasteiger partial charge in [-0.2, -0.15) is 5.26 Å². The van der Waals surface area contributed by atoms with Crippen LogP contribution in [0.2, 0.25) is 0 Å². The van der Waals surface area contributed by atoms with Crippen LogP contribution in [-0.2, 0) is 14.3 Å². The highest BCUT2D eigenvalue weighted by atomic mass is 16.5. The molecule has 0 bridgehead atoms.